The Bertz CT molecular complexity index is 1150. The normalized spacial score (nSPS) is 11.9. The number of nitrogens with one attached hydrogen (secondary N) is 2. The summed E-state index contributed by atoms with van der Waals surface area (Å²) in [6, 6.07) is 12.1. The van der Waals surface area contributed by atoms with E-state index in [1.807, 2.05) is 28.8 Å². The smallest absolute Gasteiger partial charge is 0.253 e. The molecule has 2 aromatic carbocycles. The first-order valence-electron chi connectivity index (χ1n) is 9.91. The highest BCUT2D eigenvalue weighted by molar-refractivity contribution is 14.1. The molecule has 0 radical (unpaired) electrons. The van der Waals surface area contributed by atoms with E-state index in [9.17, 15) is 15.0 Å². The summed E-state index contributed by atoms with van der Waals surface area (Å²) >= 11 is 3.51. The predicted molar refractivity (Wildman–Crippen MR) is 138 cm³/mol. The maximum Gasteiger partial charge on any atom is 0.253 e. The van der Waals surface area contributed by atoms with Gasteiger partial charge in [-0.2, -0.15) is 5.10 Å². The van der Waals surface area contributed by atoms with Gasteiger partial charge in [-0.3, -0.25) is 4.79 Å². The van der Waals surface area contributed by atoms with Crippen LogP contribution in [-0.4, -0.2) is 42.3 Å². The third-order valence-corrected chi connectivity index (χ3v) is 6.24. The molecule has 172 valence electrons. The number of hydrogen-bond acceptors (Lipinski definition) is 8. The Kier molecular flexibility index (Phi) is 8.72. The Morgan fingerprint density at radius 3 is 2.73 bits per heavy atom. The van der Waals surface area contributed by atoms with Gasteiger partial charge in [0.2, 0.25) is 0 Å². The highest BCUT2D eigenvalue weighted by Crippen LogP contribution is 2.24. The molecule has 0 aliphatic heterocycles. The fraction of sp³-hybridized carbons (Fsp3) is 0.182. The summed E-state index contributed by atoms with van der Waals surface area (Å²) in [6.45, 7) is 6.52. The number of hydrogen-bond donors (Lipinski definition) is 4. The third kappa shape index (κ3) is 6.96. The number of hydrazone groups is 1. The number of rotatable bonds is 10. The monoisotopic (exact) mass is 578 g/mol. The average Bonchev–Trinajstić information content (AvgIpc) is 3.16. The molecule has 1 unspecified atom stereocenters. The second kappa shape index (κ2) is 11.7. The number of halogens is 1. The third-order valence-electron chi connectivity index (χ3n) is 4.44. The van der Waals surface area contributed by atoms with Crippen molar-refractivity contribution >= 4 is 52.2 Å². The first kappa shape index (κ1) is 24.6. The average molecular weight is 578 g/mol. The molecule has 0 saturated heterocycles. The zero-order valence-corrected chi connectivity index (χ0v) is 20.7. The lowest BCUT2D eigenvalue weighted by atomic mass is 10.2. The van der Waals surface area contributed by atoms with Crippen LogP contribution in [0.5, 0.6) is 11.5 Å². The van der Waals surface area contributed by atoms with Gasteiger partial charge >= 0.3 is 0 Å². The molecule has 0 aliphatic carbocycles. The van der Waals surface area contributed by atoms with Crippen LogP contribution in [0.15, 0.2) is 65.4 Å². The van der Waals surface area contributed by atoms with Crippen molar-refractivity contribution in [2.45, 2.75) is 30.4 Å². The minimum absolute atomic E-state index is 0.0598. The van der Waals surface area contributed by atoms with Gasteiger partial charge in [-0.25, -0.2) is 5.43 Å². The van der Waals surface area contributed by atoms with E-state index < -0.39 is 5.25 Å². The fourth-order valence-electron chi connectivity index (χ4n) is 2.71. The Morgan fingerprint density at radius 1 is 1.27 bits per heavy atom. The predicted octanol–water partition coefficient (Wildman–Crippen LogP) is 3.72. The highest BCUT2D eigenvalue weighted by Gasteiger charge is 2.19. The van der Waals surface area contributed by atoms with E-state index >= 15 is 0 Å². The second-order valence-corrected chi connectivity index (χ2v) is 9.45. The van der Waals surface area contributed by atoms with Gasteiger partial charge in [0.25, 0.3) is 5.91 Å². The summed E-state index contributed by atoms with van der Waals surface area (Å²) in [6.07, 6.45) is 3.06. The van der Waals surface area contributed by atoms with Gasteiger partial charge in [-0.15, -0.1) is 16.8 Å². The number of aromatic nitrogens is 3. The Hall–Kier alpha value is -3.06. The molecular weight excluding hydrogens is 555 g/mol. The van der Waals surface area contributed by atoms with Gasteiger partial charge in [0.15, 0.2) is 11.0 Å². The number of aromatic hydroxyl groups is 2. The highest BCUT2D eigenvalue weighted by atomic mass is 127. The minimum Gasteiger partial charge on any atom is -0.508 e. The Labute approximate surface area is 209 Å². The molecule has 4 N–H and O–H groups in total. The molecule has 0 aliphatic rings. The van der Waals surface area contributed by atoms with Crippen molar-refractivity contribution in [1.82, 2.24) is 20.2 Å². The van der Waals surface area contributed by atoms with Crippen LogP contribution in [0.3, 0.4) is 0 Å². The van der Waals surface area contributed by atoms with Crippen LogP contribution in [0.1, 0.15) is 18.3 Å². The Balaban J connectivity index is 1.61. The van der Waals surface area contributed by atoms with Crippen molar-refractivity contribution in [1.29, 1.82) is 0 Å². The maximum absolute atomic E-state index is 12.5. The molecule has 11 heteroatoms. The van der Waals surface area contributed by atoms with Crippen LogP contribution in [0.4, 0.5) is 5.69 Å². The standard InChI is InChI=1S/C22H23IN6O3S/c1-3-10-29-20(13-24-17-7-5-16(23)6-8-17)26-28-22(29)33-14(2)21(32)27-25-12-15-4-9-18(30)11-19(15)31/h3-9,11-12,14,24,30-31H,1,10,13H2,2H3,(H,27,32)/b25-12+. The van der Waals surface area contributed by atoms with Gasteiger partial charge in [0, 0.05) is 27.4 Å². The molecule has 3 rings (SSSR count). The van der Waals surface area contributed by atoms with E-state index in [4.69, 9.17) is 0 Å². The van der Waals surface area contributed by atoms with E-state index in [0.29, 0.717) is 23.8 Å². The molecule has 0 saturated carbocycles. The number of thioether (sulfide) groups is 1. The van der Waals surface area contributed by atoms with Crippen molar-refractivity contribution in [2.75, 3.05) is 5.32 Å². The number of allylic oxidation sites excluding steroid dienone is 1. The molecule has 0 spiro atoms. The van der Waals surface area contributed by atoms with E-state index in [1.165, 1.54) is 36.2 Å². The van der Waals surface area contributed by atoms with Gasteiger partial charge in [0.05, 0.1) is 18.0 Å². The minimum atomic E-state index is -0.500. The van der Waals surface area contributed by atoms with E-state index in [2.05, 4.69) is 55.2 Å². The summed E-state index contributed by atoms with van der Waals surface area (Å²) < 4.78 is 3.06. The number of phenolic OH excluding ortho intramolecular Hbond substituents is 2. The lowest BCUT2D eigenvalue weighted by molar-refractivity contribution is -0.120. The lowest BCUT2D eigenvalue weighted by Crippen LogP contribution is -2.27. The molecule has 1 aromatic heterocycles. The molecule has 1 heterocycles. The topological polar surface area (TPSA) is 125 Å². The van der Waals surface area contributed by atoms with Gasteiger partial charge in [0.1, 0.15) is 11.5 Å². The molecule has 3 aromatic rings. The lowest BCUT2D eigenvalue weighted by Gasteiger charge is -2.12. The largest absolute Gasteiger partial charge is 0.508 e. The van der Waals surface area contributed by atoms with Crippen LogP contribution in [0.2, 0.25) is 0 Å². The van der Waals surface area contributed by atoms with Crippen molar-refractivity contribution in [2.24, 2.45) is 5.10 Å². The molecule has 33 heavy (non-hydrogen) atoms. The molecule has 0 bridgehead atoms. The molecule has 1 atom stereocenters. The van der Waals surface area contributed by atoms with Crippen molar-refractivity contribution in [3.8, 4) is 11.5 Å². The Morgan fingerprint density at radius 2 is 2.03 bits per heavy atom. The van der Waals surface area contributed by atoms with Gasteiger partial charge in [-0.05, 0) is 65.9 Å². The number of nitrogens with zero attached hydrogens (tertiary/aromatic N) is 4. The number of carbonyl (C=O) groups is 1. The first-order valence-corrected chi connectivity index (χ1v) is 11.9. The first-order chi connectivity index (χ1) is 15.9. The van der Waals surface area contributed by atoms with E-state index in [1.54, 1.807) is 13.0 Å². The number of phenols is 2. The van der Waals surface area contributed by atoms with Crippen LogP contribution in [0.25, 0.3) is 0 Å². The van der Waals surface area contributed by atoms with Crippen molar-refractivity contribution < 1.29 is 15.0 Å². The van der Waals surface area contributed by atoms with Crippen LogP contribution >= 0.6 is 34.4 Å². The van der Waals surface area contributed by atoms with Gasteiger partial charge < -0.3 is 20.1 Å². The van der Waals surface area contributed by atoms with Crippen LogP contribution in [-0.2, 0) is 17.9 Å². The number of anilines is 1. The molecule has 1 amide bonds. The zero-order valence-electron chi connectivity index (χ0n) is 17.8. The summed E-state index contributed by atoms with van der Waals surface area (Å²) in [5.41, 5.74) is 3.79. The van der Waals surface area contributed by atoms with Crippen molar-refractivity contribution in [3.05, 3.63) is 70.1 Å². The second-order valence-electron chi connectivity index (χ2n) is 6.90. The van der Waals surface area contributed by atoms with Crippen LogP contribution < -0.4 is 10.7 Å². The SMILES string of the molecule is C=CCn1c(CNc2ccc(I)cc2)nnc1SC(C)C(=O)N/N=C/c1ccc(O)cc1O. The number of amides is 1. The summed E-state index contributed by atoms with van der Waals surface area (Å²) in [5.74, 6) is 0.195. The van der Waals surface area contributed by atoms with Gasteiger partial charge in [-0.1, -0.05) is 17.8 Å². The summed E-state index contributed by atoms with van der Waals surface area (Å²) in [5, 5.41) is 34.9. The molecular formula is C22H23IN6O3S. The van der Waals surface area contributed by atoms with E-state index in [-0.39, 0.29) is 17.4 Å². The fourth-order valence-corrected chi connectivity index (χ4v) is 3.94. The summed E-state index contributed by atoms with van der Waals surface area (Å²) in [4.78, 5) is 12.5. The van der Waals surface area contributed by atoms with E-state index in [0.717, 1.165) is 15.1 Å². The molecule has 9 nitrogen and oxygen atoms in total. The zero-order chi connectivity index (χ0) is 23.8. The van der Waals surface area contributed by atoms with Crippen LogP contribution in [0, 0.1) is 3.57 Å². The quantitative estimate of drug-likeness (QED) is 0.0951. The number of carbonyl (C=O) groups excluding carboxylic acids is 1. The van der Waals surface area contributed by atoms with Crippen molar-refractivity contribution in [3.63, 3.8) is 0 Å². The summed E-state index contributed by atoms with van der Waals surface area (Å²) in [7, 11) is 0. The maximum atomic E-state index is 12.5. The molecule has 0 fully saturated rings. The number of benzene rings is 2.